The molecule has 1 aliphatic carbocycles. The third-order valence-corrected chi connectivity index (χ3v) is 16.6. The van der Waals surface area contributed by atoms with Gasteiger partial charge in [0.1, 0.15) is 0 Å². The lowest BCUT2D eigenvalue weighted by molar-refractivity contribution is -0.222. The Morgan fingerprint density at radius 1 is 0.351 bits per heavy atom. The first-order chi connectivity index (χ1) is 16.2. The van der Waals surface area contributed by atoms with Crippen molar-refractivity contribution in [1.29, 1.82) is 0 Å². The third-order valence-electron chi connectivity index (χ3n) is 16.6. The van der Waals surface area contributed by atoms with Crippen LogP contribution in [-0.4, -0.2) is 0 Å². The maximum Gasteiger partial charge on any atom is -0.0241 e. The number of hydrogen-bond acceptors (Lipinski definition) is 0. The highest BCUT2D eigenvalue weighted by molar-refractivity contribution is 5.14. The Bertz CT molecular complexity index is 736. The van der Waals surface area contributed by atoms with Crippen molar-refractivity contribution in [1.82, 2.24) is 0 Å². The second-order valence-electron chi connectivity index (χ2n) is 18.2. The topological polar surface area (TPSA) is 0 Å². The predicted molar refractivity (Wildman–Crippen MR) is 170 cm³/mol. The molecule has 0 aliphatic heterocycles. The van der Waals surface area contributed by atoms with Gasteiger partial charge in [0.2, 0.25) is 0 Å². The molecule has 0 aromatic rings. The highest BCUT2D eigenvalue weighted by atomic mass is 14.7. The fourth-order valence-corrected chi connectivity index (χ4v) is 8.69. The summed E-state index contributed by atoms with van der Waals surface area (Å²) in [4.78, 5) is 0. The van der Waals surface area contributed by atoms with Crippen LogP contribution in [0.15, 0.2) is 0 Å². The van der Waals surface area contributed by atoms with E-state index in [1.54, 1.807) is 0 Å². The molecule has 37 heavy (non-hydrogen) atoms. The van der Waals surface area contributed by atoms with Gasteiger partial charge in [-0.25, -0.2) is 0 Å². The molecule has 0 heteroatoms. The predicted octanol–water partition coefficient (Wildman–Crippen LogP) is 12.8. The third kappa shape index (κ3) is 5.25. The zero-order valence-electron chi connectivity index (χ0n) is 29.7. The Morgan fingerprint density at radius 2 is 0.649 bits per heavy atom. The average molecular weight is 519 g/mol. The summed E-state index contributed by atoms with van der Waals surface area (Å²) in [5, 5.41) is 0. The van der Waals surface area contributed by atoms with Crippen LogP contribution in [0.2, 0.25) is 0 Å². The van der Waals surface area contributed by atoms with Gasteiger partial charge in [-0.15, -0.1) is 0 Å². The molecule has 3 atom stereocenters. The van der Waals surface area contributed by atoms with Crippen molar-refractivity contribution in [2.45, 2.75) is 176 Å². The molecule has 0 aromatic heterocycles. The minimum atomic E-state index is 0.106. The molecular formula is C37H74. The van der Waals surface area contributed by atoms with Crippen molar-refractivity contribution in [3.8, 4) is 0 Å². The lowest BCUT2D eigenvalue weighted by atomic mass is 9.34. The molecule has 0 spiro atoms. The maximum atomic E-state index is 2.62. The van der Waals surface area contributed by atoms with E-state index in [0.717, 1.165) is 5.92 Å². The molecule has 0 radical (unpaired) electrons. The molecule has 0 amide bonds. The van der Waals surface area contributed by atoms with Crippen LogP contribution in [0.5, 0.6) is 0 Å². The molecule has 222 valence electrons. The Morgan fingerprint density at radius 3 is 1.05 bits per heavy atom. The summed E-state index contributed by atoms with van der Waals surface area (Å²) in [5.74, 6) is 2.16. The monoisotopic (exact) mass is 519 g/mol. The number of hydrogen-bond donors (Lipinski definition) is 0. The molecule has 0 nitrogen and oxygen atoms in total. The molecular weight excluding hydrogens is 444 g/mol. The van der Waals surface area contributed by atoms with E-state index in [1.807, 2.05) is 0 Å². The summed E-state index contributed by atoms with van der Waals surface area (Å²) < 4.78 is 0. The van der Waals surface area contributed by atoms with E-state index in [0.29, 0.717) is 11.8 Å². The zero-order chi connectivity index (χ0) is 29.7. The SMILES string of the molecule is CC1CCCCCCCC(C)C(C)(C)C(C)(C)C(C)(C)C(C)(C)C(C)(C)C(C)(C)C(C)(C)C(C)(C)C1C. The van der Waals surface area contributed by atoms with Crippen molar-refractivity contribution >= 4 is 0 Å². The van der Waals surface area contributed by atoms with E-state index in [2.05, 4.69) is 132 Å². The summed E-state index contributed by atoms with van der Waals surface area (Å²) in [7, 11) is 0. The largest absolute Gasteiger partial charge is 0.0622 e. The Hall–Kier alpha value is 0. The second-order valence-corrected chi connectivity index (χ2v) is 18.2. The maximum absolute atomic E-state index is 2.62. The standard InChI is InChI=1S/C37H74/c1-27-25-23-21-20-22-24-26-28(2)30(4,5)32(8,9)34(12,13)36(16,17)37(18,19)35(14,15)33(10,11)31(6,7)29(27)3/h27-29H,20-26H2,1-19H3. The first-order valence-corrected chi connectivity index (χ1v) is 16.2. The molecule has 1 fully saturated rings. The Kier molecular flexibility index (Phi) is 10.2. The molecule has 1 rings (SSSR count). The Balaban J connectivity index is 3.82. The van der Waals surface area contributed by atoms with Gasteiger partial charge in [-0.3, -0.25) is 0 Å². The highest BCUT2D eigenvalue weighted by Crippen LogP contribution is 2.72. The second kappa shape index (κ2) is 10.8. The van der Waals surface area contributed by atoms with Gasteiger partial charge in [0.15, 0.2) is 0 Å². The van der Waals surface area contributed by atoms with Crippen molar-refractivity contribution < 1.29 is 0 Å². The van der Waals surface area contributed by atoms with Crippen LogP contribution in [0.25, 0.3) is 0 Å². The summed E-state index contributed by atoms with van der Waals surface area (Å²) in [6.07, 6.45) is 9.73. The first kappa shape index (κ1) is 35.0. The normalized spacial score (nSPS) is 35.6. The van der Waals surface area contributed by atoms with E-state index in [9.17, 15) is 0 Å². The van der Waals surface area contributed by atoms with Gasteiger partial charge in [0.25, 0.3) is 0 Å². The molecule has 0 N–H and O–H groups in total. The van der Waals surface area contributed by atoms with Crippen LogP contribution in [0.1, 0.15) is 176 Å². The van der Waals surface area contributed by atoms with Gasteiger partial charge < -0.3 is 0 Å². The van der Waals surface area contributed by atoms with Crippen LogP contribution in [0, 0.1) is 61.1 Å². The number of rotatable bonds is 0. The minimum absolute atomic E-state index is 0.106. The summed E-state index contributed by atoms with van der Waals surface area (Å²) in [5.41, 5.74) is 1.26. The van der Waals surface area contributed by atoms with Gasteiger partial charge in [0.05, 0.1) is 0 Å². The first-order valence-electron chi connectivity index (χ1n) is 16.2. The van der Waals surface area contributed by atoms with Gasteiger partial charge in [-0.05, 0) is 61.1 Å². The average Bonchev–Trinajstić information content (AvgIpc) is 2.75. The molecule has 1 saturated carbocycles. The van der Waals surface area contributed by atoms with E-state index in [-0.39, 0.29) is 43.3 Å². The fourth-order valence-electron chi connectivity index (χ4n) is 8.69. The van der Waals surface area contributed by atoms with Crippen molar-refractivity contribution in [3.63, 3.8) is 0 Å². The molecule has 0 bridgehead atoms. The summed E-state index contributed by atoms with van der Waals surface area (Å²) in [6.45, 7) is 49.4. The quantitative estimate of drug-likeness (QED) is 0.299. The smallest absolute Gasteiger partial charge is 0.0241 e. The van der Waals surface area contributed by atoms with Crippen LogP contribution in [0.3, 0.4) is 0 Å². The van der Waals surface area contributed by atoms with Crippen LogP contribution >= 0.6 is 0 Å². The van der Waals surface area contributed by atoms with E-state index < -0.39 is 0 Å². The van der Waals surface area contributed by atoms with Crippen molar-refractivity contribution in [2.24, 2.45) is 61.1 Å². The van der Waals surface area contributed by atoms with E-state index in [4.69, 9.17) is 0 Å². The van der Waals surface area contributed by atoms with Crippen molar-refractivity contribution in [2.75, 3.05) is 0 Å². The molecule has 0 heterocycles. The van der Waals surface area contributed by atoms with Crippen LogP contribution in [0.4, 0.5) is 0 Å². The molecule has 0 saturated heterocycles. The Labute approximate surface area is 237 Å². The molecule has 1 aliphatic rings. The lowest BCUT2D eigenvalue weighted by Gasteiger charge is -2.70. The minimum Gasteiger partial charge on any atom is -0.0622 e. The van der Waals surface area contributed by atoms with Gasteiger partial charge >= 0.3 is 0 Å². The van der Waals surface area contributed by atoms with Gasteiger partial charge in [0, 0.05) is 0 Å². The van der Waals surface area contributed by atoms with Crippen molar-refractivity contribution in [3.05, 3.63) is 0 Å². The van der Waals surface area contributed by atoms with Crippen LogP contribution in [-0.2, 0) is 0 Å². The van der Waals surface area contributed by atoms with E-state index >= 15 is 0 Å². The van der Waals surface area contributed by atoms with E-state index in [1.165, 1.54) is 44.9 Å². The summed E-state index contributed by atoms with van der Waals surface area (Å²) in [6, 6.07) is 0. The highest BCUT2D eigenvalue weighted by Gasteiger charge is 2.66. The lowest BCUT2D eigenvalue weighted by Crippen LogP contribution is -2.64. The fraction of sp³-hybridized carbons (Fsp3) is 1.00. The van der Waals surface area contributed by atoms with Gasteiger partial charge in [-0.2, -0.15) is 0 Å². The summed E-state index contributed by atoms with van der Waals surface area (Å²) >= 11 is 0. The molecule has 3 unspecified atom stereocenters. The van der Waals surface area contributed by atoms with Crippen LogP contribution < -0.4 is 0 Å². The molecule has 0 aromatic carbocycles. The zero-order valence-corrected chi connectivity index (χ0v) is 29.7. The van der Waals surface area contributed by atoms with Gasteiger partial charge in [-0.1, -0.05) is 176 Å².